The fraction of sp³-hybridized carbons (Fsp3) is 0.238. The Morgan fingerprint density at radius 2 is 1.89 bits per heavy atom. The lowest BCUT2D eigenvalue weighted by Gasteiger charge is -2.09. The van der Waals surface area contributed by atoms with Crippen molar-refractivity contribution < 1.29 is 4.74 Å². The van der Waals surface area contributed by atoms with Crippen LogP contribution in [0, 0.1) is 0 Å². The maximum Gasteiger partial charge on any atom is 0.254 e. The Balaban J connectivity index is 1.56. The largest absolute Gasteiger partial charge is 0.487 e. The molecular weight excluding hydrogens is 362 g/mol. The Morgan fingerprint density at radius 3 is 2.56 bits per heavy atom. The molecule has 27 heavy (non-hydrogen) atoms. The normalized spacial score (nSPS) is 10.7. The van der Waals surface area contributed by atoms with Gasteiger partial charge in [0.15, 0.2) is 0 Å². The van der Waals surface area contributed by atoms with Gasteiger partial charge in [0, 0.05) is 31.5 Å². The van der Waals surface area contributed by atoms with E-state index in [1.807, 2.05) is 7.05 Å². The van der Waals surface area contributed by atoms with Crippen LogP contribution >= 0.6 is 11.6 Å². The highest BCUT2D eigenvalue weighted by Crippen LogP contribution is 2.11. The predicted molar refractivity (Wildman–Crippen MR) is 107 cm³/mol. The Morgan fingerprint density at radius 1 is 1.11 bits per heavy atom. The molecule has 140 valence electrons. The molecular formula is C21H22ClN3O2. The third-order valence-corrected chi connectivity index (χ3v) is 4.41. The second-order valence-electron chi connectivity index (χ2n) is 6.25. The van der Waals surface area contributed by atoms with Crippen molar-refractivity contribution in [3.8, 4) is 5.75 Å². The van der Waals surface area contributed by atoms with E-state index in [1.165, 1.54) is 17.2 Å². The lowest BCUT2D eigenvalue weighted by molar-refractivity contribution is 0.300. The highest BCUT2D eigenvalue weighted by atomic mass is 35.5. The molecule has 0 unspecified atom stereocenters. The van der Waals surface area contributed by atoms with E-state index in [1.54, 1.807) is 35.2 Å². The summed E-state index contributed by atoms with van der Waals surface area (Å²) < 4.78 is 7.33. The number of hydrogen-bond donors (Lipinski definition) is 1. The first-order valence-electron chi connectivity index (χ1n) is 8.80. The van der Waals surface area contributed by atoms with Crippen molar-refractivity contribution in [2.75, 3.05) is 7.05 Å². The van der Waals surface area contributed by atoms with Crippen LogP contribution in [0.5, 0.6) is 5.75 Å². The van der Waals surface area contributed by atoms with Crippen molar-refractivity contribution in [1.29, 1.82) is 0 Å². The number of aryl methyl sites for hydroxylation is 2. The smallest absolute Gasteiger partial charge is 0.254 e. The van der Waals surface area contributed by atoms with E-state index in [-0.39, 0.29) is 5.56 Å². The monoisotopic (exact) mass is 383 g/mol. The average Bonchev–Trinajstić information content (AvgIpc) is 2.68. The maximum atomic E-state index is 12.3. The Kier molecular flexibility index (Phi) is 6.63. The van der Waals surface area contributed by atoms with Crippen LogP contribution in [-0.4, -0.2) is 16.6 Å². The van der Waals surface area contributed by atoms with Crippen molar-refractivity contribution in [3.63, 3.8) is 0 Å². The third kappa shape index (κ3) is 5.67. The zero-order valence-corrected chi connectivity index (χ0v) is 15.9. The van der Waals surface area contributed by atoms with E-state index < -0.39 is 0 Å². The maximum absolute atomic E-state index is 12.3. The molecule has 0 aliphatic carbocycles. The fourth-order valence-corrected chi connectivity index (χ4v) is 2.80. The fourth-order valence-electron chi connectivity index (χ4n) is 2.69. The van der Waals surface area contributed by atoms with E-state index in [9.17, 15) is 4.79 Å². The van der Waals surface area contributed by atoms with Gasteiger partial charge in [-0.1, -0.05) is 35.9 Å². The number of nitrogens with one attached hydrogen (secondary N) is 1. The molecule has 0 saturated carbocycles. The second kappa shape index (κ2) is 9.35. The van der Waals surface area contributed by atoms with Crippen LogP contribution in [0.15, 0.2) is 65.7 Å². The predicted octanol–water partition coefficient (Wildman–Crippen LogP) is 3.44. The number of ether oxygens (including phenoxy) is 1. The number of benzene rings is 1. The minimum atomic E-state index is -0.0802. The zero-order valence-electron chi connectivity index (χ0n) is 15.2. The molecule has 6 heteroatoms. The topological polar surface area (TPSA) is 56.1 Å². The second-order valence-corrected chi connectivity index (χ2v) is 6.68. The SMILES string of the molecule is CNCc1ccc(CCn2ccc(OCc3ccc(Cl)cn3)cc2=O)cc1. The van der Waals surface area contributed by atoms with E-state index in [4.69, 9.17) is 16.3 Å². The number of hydrogen-bond acceptors (Lipinski definition) is 4. The van der Waals surface area contributed by atoms with E-state index >= 15 is 0 Å². The summed E-state index contributed by atoms with van der Waals surface area (Å²) in [5, 5.41) is 3.71. The summed E-state index contributed by atoms with van der Waals surface area (Å²) in [6.45, 7) is 1.77. The number of halogens is 1. The van der Waals surface area contributed by atoms with Gasteiger partial charge in [-0.15, -0.1) is 0 Å². The molecule has 5 nitrogen and oxygen atoms in total. The summed E-state index contributed by atoms with van der Waals surface area (Å²) in [6, 6.07) is 15.3. The van der Waals surface area contributed by atoms with Crippen molar-refractivity contribution in [3.05, 3.63) is 93.1 Å². The van der Waals surface area contributed by atoms with Crippen LogP contribution in [0.25, 0.3) is 0 Å². The first-order valence-corrected chi connectivity index (χ1v) is 9.18. The van der Waals surface area contributed by atoms with Gasteiger partial charge in [0.2, 0.25) is 0 Å². The molecule has 0 fully saturated rings. The molecule has 2 aromatic heterocycles. The molecule has 0 aliphatic rings. The van der Waals surface area contributed by atoms with Crippen molar-refractivity contribution >= 4 is 11.6 Å². The molecule has 3 rings (SSSR count). The van der Waals surface area contributed by atoms with E-state index in [0.29, 0.717) is 23.9 Å². The lowest BCUT2D eigenvalue weighted by atomic mass is 10.1. The summed E-state index contributed by atoms with van der Waals surface area (Å²) in [7, 11) is 1.93. The highest BCUT2D eigenvalue weighted by molar-refractivity contribution is 6.30. The minimum absolute atomic E-state index is 0.0802. The first-order chi connectivity index (χ1) is 13.1. The molecule has 0 saturated heterocycles. The number of rotatable bonds is 8. The molecule has 3 aromatic rings. The van der Waals surface area contributed by atoms with E-state index in [2.05, 4.69) is 34.6 Å². The van der Waals surface area contributed by atoms with Crippen LogP contribution in [0.1, 0.15) is 16.8 Å². The summed E-state index contributed by atoms with van der Waals surface area (Å²) in [5.74, 6) is 0.532. The quantitative estimate of drug-likeness (QED) is 0.647. The van der Waals surface area contributed by atoms with Crippen LogP contribution in [0.4, 0.5) is 0 Å². The van der Waals surface area contributed by atoms with Gasteiger partial charge in [0.1, 0.15) is 12.4 Å². The van der Waals surface area contributed by atoms with Gasteiger partial charge in [0.05, 0.1) is 10.7 Å². The van der Waals surface area contributed by atoms with Gasteiger partial charge in [-0.2, -0.15) is 0 Å². The van der Waals surface area contributed by atoms with Crippen molar-refractivity contribution in [2.24, 2.45) is 0 Å². The number of aromatic nitrogens is 2. The van der Waals surface area contributed by atoms with Crippen LogP contribution < -0.4 is 15.6 Å². The molecule has 0 spiro atoms. The standard InChI is InChI=1S/C21H22ClN3O2/c1-23-13-17-4-2-16(3-5-17)8-10-25-11-9-20(12-21(25)26)27-15-19-7-6-18(22)14-24-19/h2-7,9,11-12,14,23H,8,10,13,15H2,1H3. The average molecular weight is 384 g/mol. The lowest BCUT2D eigenvalue weighted by Crippen LogP contribution is -2.19. The summed E-state index contributed by atoms with van der Waals surface area (Å²) >= 11 is 5.81. The molecule has 1 N–H and O–H groups in total. The Labute approximate surface area is 163 Å². The van der Waals surface area contributed by atoms with Gasteiger partial charge in [-0.3, -0.25) is 9.78 Å². The molecule has 0 aliphatic heterocycles. The number of nitrogens with zero attached hydrogens (tertiary/aromatic N) is 2. The summed E-state index contributed by atoms with van der Waals surface area (Å²) in [4.78, 5) is 16.5. The first kappa shape index (κ1) is 19.1. The molecule has 1 aromatic carbocycles. The van der Waals surface area contributed by atoms with Crippen molar-refractivity contribution in [2.45, 2.75) is 26.1 Å². The molecule has 2 heterocycles. The number of pyridine rings is 2. The van der Waals surface area contributed by atoms with Gasteiger partial charge in [-0.05, 0) is 42.8 Å². The van der Waals surface area contributed by atoms with Crippen molar-refractivity contribution in [1.82, 2.24) is 14.9 Å². The van der Waals surface area contributed by atoms with Crippen LogP contribution in [0.3, 0.4) is 0 Å². The highest BCUT2D eigenvalue weighted by Gasteiger charge is 2.03. The Hall–Kier alpha value is -2.63. The molecule has 0 bridgehead atoms. The molecule has 0 atom stereocenters. The zero-order chi connectivity index (χ0) is 19.1. The van der Waals surface area contributed by atoms with Crippen LogP contribution in [0.2, 0.25) is 5.02 Å². The molecule has 0 amide bonds. The van der Waals surface area contributed by atoms with Gasteiger partial charge in [0.25, 0.3) is 5.56 Å². The molecule has 0 radical (unpaired) electrons. The van der Waals surface area contributed by atoms with Gasteiger partial charge in [-0.25, -0.2) is 0 Å². The van der Waals surface area contributed by atoms with Crippen LogP contribution in [-0.2, 0) is 26.1 Å². The van der Waals surface area contributed by atoms with Gasteiger partial charge < -0.3 is 14.6 Å². The summed E-state index contributed by atoms with van der Waals surface area (Å²) in [5.41, 5.74) is 3.12. The minimum Gasteiger partial charge on any atom is -0.487 e. The van der Waals surface area contributed by atoms with Gasteiger partial charge >= 0.3 is 0 Å². The summed E-state index contributed by atoms with van der Waals surface area (Å²) in [6.07, 6.45) is 4.14. The Bertz CT molecular complexity index is 921. The van der Waals surface area contributed by atoms with E-state index in [0.717, 1.165) is 18.7 Å². The third-order valence-electron chi connectivity index (χ3n) is 4.19.